The molecule has 1 heterocycles. The quantitative estimate of drug-likeness (QED) is 0.816. The van der Waals surface area contributed by atoms with Gasteiger partial charge in [-0.2, -0.15) is 0 Å². The monoisotopic (exact) mass is 312 g/mol. The molecule has 0 spiro atoms. The molecule has 0 aliphatic heterocycles. The van der Waals surface area contributed by atoms with Gasteiger partial charge in [-0.25, -0.2) is 18.2 Å². The van der Waals surface area contributed by atoms with Crippen LogP contribution in [-0.2, 0) is 9.84 Å². The second kappa shape index (κ2) is 5.80. The van der Waals surface area contributed by atoms with Crippen LogP contribution in [0.4, 0.5) is 0 Å². The van der Waals surface area contributed by atoms with Gasteiger partial charge in [0, 0.05) is 25.0 Å². The van der Waals surface area contributed by atoms with Gasteiger partial charge in [-0.1, -0.05) is 0 Å². The number of aromatic carboxylic acids is 1. The van der Waals surface area contributed by atoms with Crippen LogP contribution in [-0.4, -0.2) is 59.9 Å². The summed E-state index contributed by atoms with van der Waals surface area (Å²) in [5.74, 6) is -1.56. The molecule has 0 saturated heterocycles. The maximum absolute atomic E-state index is 12.4. The van der Waals surface area contributed by atoms with Gasteiger partial charge in [-0.05, 0) is 25.0 Å². The van der Waals surface area contributed by atoms with Crippen LogP contribution in [0.25, 0.3) is 0 Å². The average Bonchev–Trinajstić information content (AvgIpc) is 3.22. The van der Waals surface area contributed by atoms with Gasteiger partial charge in [0.05, 0.1) is 11.3 Å². The van der Waals surface area contributed by atoms with E-state index in [1.165, 1.54) is 23.2 Å². The topological polar surface area (TPSA) is 105 Å². The molecule has 1 aromatic rings. The Balaban J connectivity index is 2.12. The van der Waals surface area contributed by atoms with E-state index in [0.29, 0.717) is 0 Å². The van der Waals surface area contributed by atoms with Gasteiger partial charge < -0.3 is 10.0 Å². The molecule has 0 atom stereocenters. The number of hydrogen-bond acceptors (Lipinski definition) is 5. The van der Waals surface area contributed by atoms with Crippen LogP contribution in [0, 0.1) is 0 Å². The van der Waals surface area contributed by atoms with Gasteiger partial charge in [0.1, 0.15) is 15.5 Å². The van der Waals surface area contributed by atoms with Crippen molar-refractivity contribution < 1.29 is 23.1 Å². The van der Waals surface area contributed by atoms with Crippen LogP contribution in [0.3, 0.4) is 0 Å². The molecule has 1 fully saturated rings. The van der Waals surface area contributed by atoms with Crippen molar-refractivity contribution >= 4 is 21.7 Å². The SMILES string of the molecule is CS(=O)(=O)CCN(C(=O)c1ccc(C(=O)O)nc1)C1CC1. The first-order valence-electron chi connectivity index (χ1n) is 6.46. The highest BCUT2D eigenvalue weighted by Gasteiger charge is 2.33. The largest absolute Gasteiger partial charge is 0.477 e. The van der Waals surface area contributed by atoms with Crippen LogP contribution >= 0.6 is 0 Å². The standard InChI is InChI=1S/C13H16N2O5S/c1-21(19,20)7-6-15(10-3-4-10)12(16)9-2-5-11(13(17)18)14-8-9/h2,5,8,10H,3-4,6-7H2,1H3,(H,17,18). The molecule has 0 unspecified atom stereocenters. The van der Waals surface area contributed by atoms with E-state index in [1.807, 2.05) is 0 Å². The Morgan fingerprint density at radius 2 is 2.05 bits per heavy atom. The van der Waals surface area contributed by atoms with E-state index in [-0.39, 0.29) is 35.5 Å². The fourth-order valence-corrected chi connectivity index (χ4v) is 2.44. The molecular weight excluding hydrogens is 296 g/mol. The molecule has 2 rings (SSSR count). The Hall–Kier alpha value is -1.96. The number of carbonyl (C=O) groups excluding carboxylic acids is 1. The average molecular weight is 312 g/mol. The van der Waals surface area contributed by atoms with Crippen LogP contribution < -0.4 is 0 Å². The smallest absolute Gasteiger partial charge is 0.354 e. The Labute approximate surface area is 122 Å². The minimum atomic E-state index is -3.15. The summed E-state index contributed by atoms with van der Waals surface area (Å²) < 4.78 is 22.5. The molecule has 0 bridgehead atoms. The van der Waals surface area contributed by atoms with E-state index < -0.39 is 15.8 Å². The van der Waals surface area contributed by atoms with Crippen LogP contribution in [0.2, 0.25) is 0 Å². The Morgan fingerprint density at radius 1 is 1.38 bits per heavy atom. The van der Waals surface area contributed by atoms with Gasteiger partial charge in [0.15, 0.2) is 0 Å². The normalized spacial score (nSPS) is 14.7. The summed E-state index contributed by atoms with van der Waals surface area (Å²) in [5, 5.41) is 8.77. The summed E-state index contributed by atoms with van der Waals surface area (Å²) in [6, 6.07) is 2.73. The molecule has 1 aromatic heterocycles. The Kier molecular flexibility index (Phi) is 4.26. The highest BCUT2D eigenvalue weighted by atomic mass is 32.2. The number of carbonyl (C=O) groups is 2. The number of carboxylic acid groups (broad SMARTS) is 1. The molecule has 1 aliphatic carbocycles. The van der Waals surface area contributed by atoms with Gasteiger partial charge in [-0.15, -0.1) is 0 Å². The number of amides is 1. The summed E-state index contributed by atoms with van der Waals surface area (Å²) in [7, 11) is -3.15. The van der Waals surface area contributed by atoms with E-state index in [9.17, 15) is 18.0 Å². The molecule has 21 heavy (non-hydrogen) atoms. The van der Waals surface area contributed by atoms with Crippen molar-refractivity contribution in [3.05, 3.63) is 29.6 Å². The number of hydrogen-bond donors (Lipinski definition) is 1. The second-order valence-corrected chi connectivity index (χ2v) is 7.36. The van der Waals surface area contributed by atoms with Gasteiger partial charge in [0.25, 0.3) is 5.91 Å². The zero-order chi connectivity index (χ0) is 15.6. The summed E-state index contributed by atoms with van der Waals surface area (Å²) in [6.07, 6.45) is 4.06. The third kappa shape index (κ3) is 4.25. The predicted octanol–water partition coefficient (Wildman–Crippen LogP) is 0.429. The van der Waals surface area contributed by atoms with Crippen LogP contribution in [0.5, 0.6) is 0 Å². The first-order valence-corrected chi connectivity index (χ1v) is 8.52. The number of aromatic nitrogens is 1. The first-order chi connectivity index (χ1) is 9.78. The molecule has 8 heteroatoms. The van der Waals surface area contributed by atoms with E-state index in [0.717, 1.165) is 19.1 Å². The lowest BCUT2D eigenvalue weighted by atomic mass is 10.2. The fourth-order valence-electron chi connectivity index (χ4n) is 1.91. The maximum Gasteiger partial charge on any atom is 0.354 e. The van der Waals surface area contributed by atoms with Crippen LogP contribution in [0.15, 0.2) is 18.3 Å². The zero-order valence-corrected chi connectivity index (χ0v) is 12.3. The van der Waals surface area contributed by atoms with Gasteiger partial charge in [0.2, 0.25) is 0 Å². The molecule has 0 radical (unpaired) electrons. The van der Waals surface area contributed by atoms with Crippen molar-refractivity contribution in [1.29, 1.82) is 0 Å². The predicted molar refractivity (Wildman–Crippen MR) is 75.0 cm³/mol. The number of pyridine rings is 1. The lowest BCUT2D eigenvalue weighted by Crippen LogP contribution is -2.37. The number of rotatable bonds is 6. The number of carboxylic acids is 1. The highest BCUT2D eigenvalue weighted by Crippen LogP contribution is 2.28. The summed E-state index contributed by atoms with van der Waals surface area (Å²) >= 11 is 0. The third-order valence-corrected chi connectivity index (χ3v) is 4.11. The number of sulfone groups is 1. The second-order valence-electron chi connectivity index (χ2n) is 5.10. The molecule has 1 aliphatic rings. The lowest BCUT2D eigenvalue weighted by molar-refractivity contribution is 0.0686. The van der Waals surface area contributed by atoms with Crippen molar-refractivity contribution in [2.24, 2.45) is 0 Å². The summed E-state index contributed by atoms with van der Waals surface area (Å²) in [5.41, 5.74) is 0.126. The minimum absolute atomic E-state index is 0.0680. The van der Waals surface area contributed by atoms with E-state index in [2.05, 4.69) is 4.98 Å². The maximum atomic E-state index is 12.4. The van der Waals surface area contributed by atoms with Crippen molar-refractivity contribution in [2.45, 2.75) is 18.9 Å². The summed E-state index contributed by atoms with van der Waals surface area (Å²) in [4.78, 5) is 28.3. The molecule has 0 aromatic carbocycles. The Bertz CT molecular complexity index is 650. The van der Waals surface area contributed by atoms with Crippen molar-refractivity contribution in [3.63, 3.8) is 0 Å². The molecular formula is C13H16N2O5S. The van der Waals surface area contributed by atoms with Crippen molar-refractivity contribution in [3.8, 4) is 0 Å². The van der Waals surface area contributed by atoms with E-state index in [1.54, 1.807) is 0 Å². The van der Waals surface area contributed by atoms with Gasteiger partial charge in [-0.3, -0.25) is 4.79 Å². The van der Waals surface area contributed by atoms with E-state index in [4.69, 9.17) is 5.11 Å². The van der Waals surface area contributed by atoms with Crippen LogP contribution in [0.1, 0.15) is 33.7 Å². The Morgan fingerprint density at radius 3 is 2.48 bits per heavy atom. The molecule has 1 N–H and O–H groups in total. The van der Waals surface area contributed by atoms with Crippen molar-refractivity contribution in [2.75, 3.05) is 18.6 Å². The molecule has 7 nitrogen and oxygen atoms in total. The molecule has 1 saturated carbocycles. The van der Waals surface area contributed by atoms with E-state index >= 15 is 0 Å². The minimum Gasteiger partial charge on any atom is -0.477 e. The third-order valence-electron chi connectivity index (χ3n) is 3.18. The zero-order valence-electron chi connectivity index (χ0n) is 11.5. The highest BCUT2D eigenvalue weighted by molar-refractivity contribution is 7.90. The number of nitrogens with zero attached hydrogens (tertiary/aromatic N) is 2. The first kappa shape index (κ1) is 15.4. The molecule has 1 amide bonds. The van der Waals surface area contributed by atoms with Crippen molar-refractivity contribution in [1.82, 2.24) is 9.88 Å². The van der Waals surface area contributed by atoms with Gasteiger partial charge >= 0.3 is 5.97 Å². The summed E-state index contributed by atoms with van der Waals surface area (Å²) in [6.45, 7) is 0.142. The lowest BCUT2D eigenvalue weighted by Gasteiger charge is -2.22. The molecule has 114 valence electrons. The fraction of sp³-hybridized carbons (Fsp3) is 0.462.